The van der Waals surface area contributed by atoms with Gasteiger partial charge in [-0.2, -0.15) is 0 Å². The highest BCUT2D eigenvalue weighted by molar-refractivity contribution is 7.90. The number of rotatable bonds is 4. The molecule has 2 rings (SSSR count). The van der Waals surface area contributed by atoms with Crippen LogP contribution in [0.1, 0.15) is 15.9 Å². The fourth-order valence-corrected chi connectivity index (χ4v) is 3.64. The number of carbonyl (C=O) groups excluding carboxylic acids is 1. The molecular weight excluding hydrogens is 347 g/mol. The second kappa shape index (κ2) is 6.55. The number of hydrogen-bond acceptors (Lipinski definition) is 5. The van der Waals surface area contributed by atoms with Crippen molar-refractivity contribution in [2.45, 2.75) is 10.6 Å². The van der Waals surface area contributed by atoms with Crippen molar-refractivity contribution in [3.8, 4) is 5.75 Å². The Morgan fingerprint density at radius 3 is 2.61 bits per heavy atom. The van der Waals surface area contributed by atoms with E-state index in [9.17, 15) is 22.7 Å². The first kappa shape index (κ1) is 17.2. The Balaban J connectivity index is 2.36. The molecule has 0 amide bonds. The van der Waals surface area contributed by atoms with E-state index >= 15 is 0 Å². The van der Waals surface area contributed by atoms with Crippen molar-refractivity contribution in [1.82, 2.24) is 0 Å². The number of sulfone groups is 1. The van der Waals surface area contributed by atoms with Gasteiger partial charge in [0, 0.05) is 0 Å². The number of aromatic hydroxyl groups is 1. The Morgan fingerprint density at radius 1 is 1.30 bits per heavy atom. The normalized spacial score (nSPS) is 11.3. The largest absolute Gasteiger partial charge is 0.507 e. The third kappa shape index (κ3) is 3.62. The van der Waals surface area contributed by atoms with Gasteiger partial charge in [-0.15, -0.1) is 0 Å². The lowest BCUT2D eigenvalue weighted by Gasteiger charge is -2.08. The Bertz CT molecular complexity index is 864. The predicted molar refractivity (Wildman–Crippen MR) is 81.7 cm³/mol. The summed E-state index contributed by atoms with van der Waals surface area (Å²) in [6, 6.07) is 7.38. The summed E-state index contributed by atoms with van der Waals surface area (Å²) >= 11 is 5.59. The summed E-state index contributed by atoms with van der Waals surface area (Å²) in [5, 5.41) is 9.47. The lowest BCUT2D eigenvalue weighted by Crippen LogP contribution is -2.08. The third-order valence-corrected chi connectivity index (χ3v) is 5.07. The summed E-state index contributed by atoms with van der Waals surface area (Å²) in [4.78, 5) is 10.8. The molecule has 0 saturated carbocycles. The van der Waals surface area contributed by atoms with Gasteiger partial charge in [0.15, 0.2) is 15.7 Å². The fourth-order valence-electron chi connectivity index (χ4n) is 1.97. The zero-order valence-corrected chi connectivity index (χ0v) is 13.5. The number of benzene rings is 2. The smallest absolute Gasteiger partial charge is 0.341 e. The molecule has 8 heteroatoms. The number of phenolic OH excluding ortho intramolecular Hbond substituents is 1. The molecule has 0 aliphatic carbocycles. The van der Waals surface area contributed by atoms with Crippen molar-refractivity contribution < 1.29 is 27.4 Å². The van der Waals surface area contributed by atoms with Gasteiger partial charge in [-0.25, -0.2) is 17.6 Å². The van der Waals surface area contributed by atoms with Crippen LogP contribution in [0.5, 0.6) is 5.75 Å². The number of esters is 1. The lowest BCUT2D eigenvalue weighted by molar-refractivity contribution is 0.0597. The van der Waals surface area contributed by atoms with Crippen molar-refractivity contribution in [2.24, 2.45) is 0 Å². The quantitative estimate of drug-likeness (QED) is 0.850. The summed E-state index contributed by atoms with van der Waals surface area (Å²) in [5.41, 5.74) is 0.0945. The van der Waals surface area contributed by atoms with Crippen LogP contribution in [0.3, 0.4) is 0 Å². The van der Waals surface area contributed by atoms with Crippen LogP contribution in [0, 0.1) is 5.82 Å². The number of methoxy groups -OCH3 is 1. The minimum atomic E-state index is -4.01. The molecule has 0 unspecified atom stereocenters. The highest BCUT2D eigenvalue weighted by Gasteiger charge is 2.22. The van der Waals surface area contributed by atoms with Crippen molar-refractivity contribution in [1.29, 1.82) is 0 Å². The average molecular weight is 359 g/mol. The maximum absolute atomic E-state index is 13.9. The van der Waals surface area contributed by atoms with E-state index in [-0.39, 0.29) is 16.1 Å². The first-order chi connectivity index (χ1) is 10.8. The second-order valence-corrected chi connectivity index (χ2v) is 7.02. The molecule has 2 aromatic rings. The summed E-state index contributed by atoms with van der Waals surface area (Å²) in [7, 11) is -2.85. The highest BCUT2D eigenvalue weighted by Crippen LogP contribution is 2.27. The predicted octanol–water partition coefficient (Wildman–Crippen LogP) is 2.95. The van der Waals surface area contributed by atoms with Crippen LogP contribution in [0.25, 0.3) is 0 Å². The third-order valence-electron chi connectivity index (χ3n) is 3.08. The van der Waals surface area contributed by atoms with Crippen LogP contribution in [0.15, 0.2) is 41.3 Å². The van der Waals surface area contributed by atoms with Crippen LogP contribution < -0.4 is 0 Å². The van der Waals surface area contributed by atoms with Crippen molar-refractivity contribution >= 4 is 27.4 Å². The second-order valence-electron chi connectivity index (χ2n) is 4.65. The summed E-state index contributed by atoms with van der Waals surface area (Å²) in [5.74, 6) is -2.75. The molecule has 5 nitrogen and oxygen atoms in total. The average Bonchev–Trinajstić information content (AvgIpc) is 2.48. The van der Waals surface area contributed by atoms with Gasteiger partial charge in [-0.1, -0.05) is 23.7 Å². The van der Waals surface area contributed by atoms with Gasteiger partial charge in [-0.3, -0.25) is 0 Å². The number of phenols is 1. The van der Waals surface area contributed by atoms with Gasteiger partial charge in [0.05, 0.1) is 17.9 Å². The van der Waals surface area contributed by atoms with Crippen LogP contribution in [-0.4, -0.2) is 26.6 Å². The molecule has 23 heavy (non-hydrogen) atoms. The molecule has 0 aliphatic rings. The Morgan fingerprint density at radius 2 is 2.00 bits per heavy atom. The van der Waals surface area contributed by atoms with E-state index < -0.39 is 38.0 Å². The molecule has 0 aromatic heterocycles. The SMILES string of the molecule is COC(=O)c1ccc(CS(=O)(=O)c2cccc(Cl)c2F)cc1O. The van der Waals surface area contributed by atoms with E-state index in [1.54, 1.807) is 0 Å². The molecule has 0 atom stereocenters. The molecule has 0 spiro atoms. The van der Waals surface area contributed by atoms with Crippen molar-refractivity contribution in [2.75, 3.05) is 7.11 Å². The van der Waals surface area contributed by atoms with E-state index in [1.165, 1.54) is 24.3 Å². The first-order valence-corrected chi connectivity index (χ1v) is 8.36. The van der Waals surface area contributed by atoms with Gasteiger partial charge in [0.1, 0.15) is 16.2 Å². The zero-order chi connectivity index (χ0) is 17.2. The van der Waals surface area contributed by atoms with Gasteiger partial charge < -0.3 is 9.84 Å². The molecule has 0 bridgehead atoms. The minimum Gasteiger partial charge on any atom is -0.507 e. The van der Waals surface area contributed by atoms with Gasteiger partial charge in [-0.05, 0) is 29.8 Å². The van der Waals surface area contributed by atoms with E-state index in [0.29, 0.717) is 0 Å². The molecule has 0 radical (unpaired) electrons. The fraction of sp³-hybridized carbons (Fsp3) is 0.133. The van der Waals surface area contributed by atoms with Crippen molar-refractivity contribution in [3.63, 3.8) is 0 Å². The maximum Gasteiger partial charge on any atom is 0.341 e. The number of carbonyl (C=O) groups is 1. The highest BCUT2D eigenvalue weighted by atomic mass is 35.5. The first-order valence-electron chi connectivity index (χ1n) is 6.33. The van der Waals surface area contributed by atoms with E-state index in [0.717, 1.165) is 19.2 Å². The summed E-state index contributed by atoms with van der Waals surface area (Å²) < 4.78 is 42.9. The molecule has 1 N–H and O–H groups in total. The van der Waals surface area contributed by atoms with Crippen LogP contribution in [-0.2, 0) is 20.3 Å². The minimum absolute atomic E-state index is 0.0948. The Labute approximate surface area is 137 Å². The van der Waals surface area contributed by atoms with Gasteiger partial charge in [0.2, 0.25) is 0 Å². The molecular formula is C15H12ClFO5S. The van der Waals surface area contributed by atoms with Gasteiger partial charge >= 0.3 is 5.97 Å². The van der Waals surface area contributed by atoms with E-state index in [2.05, 4.69) is 4.74 Å². The summed E-state index contributed by atoms with van der Waals surface area (Å²) in [6.07, 6.45) is 0. The van der Waals surface area contributed by atoms with E-state index in [1.807, 2.05) is 0 Å². The van der Waals surface area contributed by atoms with Crippen LogP contribution in [0.2, 0.25) is 5.02 Å². The number of halogens is 2. The summed E-state index contributed by atoms with van der Waals surface area (Å²) in [6.45, 7) is 0. The van der Waals surface area contributed by atoms with Gasteiger partial charge in [0.25, 0.3) is 0 Å². The zero-order valence-electron chi connectivity index (χ0n) is 11.9. The topological polar surface area (TPSA) is 80.7 Å². The molecule has 2 aromatic carbocycles. The molecule has 0 heterocycles. The van der Waals surface area contributed by atoms with Crippen LogP contribution in [0.4, 0.5) is 4.39 Å². The molecule has 122 valence electrons. The van der Waals surface area contributed by atoms with E-state index in [4.69, 9.17) is 11.6 Å². The standard InChI is InChI=1S/C15H12ClFO5S/c1-22-15(19)10-6-5-9(7-12(10)18)8-23(20,21)13-4-2-3-11(16)14(13)17/h2-7,18H,8H2,1H3. The monoisotopic (exact) mass is 358 g/mol. The maximum atomic E-state index is 13.9. The van der Waals surface area contributed by atoms with Crippen molar-refractivity contribution in [3.05, 3.63) is 58.4 Å². The lowest BCUT2D eigenvalue weighted by atomic mass is 10.1. The van der Waals surface area contributed by atoms with Crippen LogP contribution >= 0.6 is 11.6 Å². The number of ether oxygens (including phenoxy) is 1. The molecule has 0 saturated heterocycles. The number of hydrogen-bond donors (Lipinski definition) is 1. The molecule has 0 aliphatic heterocycles. The molecule has 0 fully saturated rings. The Kier molecular flexibility index (Phi) is 4.91. The Hall–Kier alpha value is -2.12.